The zero-order valence-electron chi connectivity index (χ0n) is 11.2. The van der Waals surface area contributed by atoms with E-state index in [-0.39, 0.29) is 0 Å². The number of anilines is 1. The lowest BCUT2D eigenvalue weighted by Gasteiger charge is -2.17. The number of nitrogens with zero attached hydrogens (tertiary/aromatic N) is 3. The minimum absolute atomic E-state index is 0.514. The fourth-order valence-electron chi connectivity index (χ4n) is 3.22. The van der Waals surface area contributed by atoms with Crippen LogP contribution in [0.2, 0.25) is 0 Å². The summed E-state index contributed by atoms with van der Waals surface area (Å²) in [6.45, 7) is 4.17. The number of hydrogen-bond donors (Lipinski definition) is 2. The Morgan fingerprint density at radius 3 is 3.21 bits per heavy atom. The lowest BCUT2D eigenvalue weighted by molar-refractivity contribution is 0.768. The number of nitrogens with one attached hydrogen (secondary N) is 2. The van der Waals surface area contributed by atoms with Crippen molar-refractivity contribution < 1.29 is 0 Å². The SMILES string of the molecule is Cc1cc2nc3c(c(NC4CCNC4)n2n1)CCC3. The van der Waals surface area contributed by atoms with Crippen molar-refractivity contribution in [1.82, 2.24) is 19.9 Å². The van der Waals surface area contributed by atoms with Crippen LogP contribution in [0.1, 0.15) is 29.8 Å². The summed E-state index contributed by atoms with van der Waals surface area (Å²) < 4.78 is 2.00. The van der Waals surface area contributed by atoms with Gasteiger partial charge in [0.1, 0.15) is 5.82 Å². The van der Waals surface area contributed by atoms with Gasteiger partial charge in [-0.3, -0.25) is 0 Å². The third kappa shape index (κ3) is 1.80. The van der Waals surface area contributed by atoms with E-state index in [1.807, 2.05) is 11.4 Å². The molecule has 0 spiro atoms. The molecule has 2 aliphatic rings. The summed E-state index contributed by atoms with van der Waals surface area (Å²) in [5.41, 5.74) is 4.65. The maximum atomic E-state index is 4.76. The monoisotopic (exact) mass is 257 g/mol. The van der Waals surface area contributed by atoms with Crippen molar-refractivity contribution in [1.29, 1.82) is 0 Å². The maximum absolute atomic E-state index is 4.76. The van der Waals surface area contributed by atoms with Crippen LogP contribution < -0.4 is 10.6 Å². The van der Waals surface area contributed by atoms with Gasteiger partial charge in [-0.05, 0) is 39.2 Å². The van der Waals surface area contributed by atoms with Crippen molar-refractivity contribution in [3.8, 4) is 0 Å². The zero-order chi connectivity index (χ0) is 12.8. The molecule has 4 rings (SSSR count). The Labute approximate surface area is 112 Å². The summed E-state index contributed by atoms with van der Waals surface area (Å²) in [6, 6.07) is 2.58. The van der Waals surface area contributed by atoms with E-state index in [0.29, 0.717) is 6.04 Å². The standard InChI is InChI=1S/C14H19N5/c1-9-7-13-17-12-4-2-3-11(12)14(19(13)18-9)16-10-5-6-15-8-10/h7,10,15-16H,2-6,8H2,1H3. The molecule has 3 heterocycles. The first-order valence-corrected chi connectivity index (χ1v) is 7.16. The molecule has 1 aliphatic carbocycles. The van der Waals surface area contributed by atoms with Crippen LogP contribution in [0, 0.1) is 6.92 Å². The Morgan fingerprint density at radius 1 is 1.42 bits per heavy atom. The molecule has 5 nitrogen and oxygen atoms in total. The number of aromatic nitrogens is 3. The average Bonchev–Trinajstić information content (AvgIpc) is 3.07. The van der Waals surface area contributed by atoms with E-state index in [1.54, 1.807) is 0 Å². The number of fused-ring (bicyclic) bond motifs is 2. The highest BCUT2D eigenvalue weighted by atomic mass is 15.3. The van der Waals surface area contributed by atoms with Gasteiger partial charge in [0.05, 0.1) is 5.69 Å². The lowest BCUT2D eigenvalue weighted by atomic mass is 10.2. The van der Waals surface area contributed by atoms with E-state index < -0.39 is 0 Å². The van der Waals surface area contributed by atoms with E-state index >= 15 is 0 Å². The van der Waals surface area contributed by atoms with Crippen LogP contribution in [-0.4, -0.2) is 33.7 Å². The summed E-state index contributed by atoms with van der Waals surface area (Å²) in [6.07, 6.45) is 4.62. The molecule has 1 aliphatic heterocycles. The Balaban J connectivity index is 1.85. The van der Waals surface area contributed by atoms with Gasteiger partial charge in [-0.2, -0.15) is 9.61 Å². The van der Waals surface area contributed by atoms with Crippen LogP contribution in [-0.2, 0) is 12.8 Å². The Hall–Kier alpha value is -1.62. The first-order chi connectivity index (χ1) is 9.31. The van der Waals surface area contributed by atoms with Crippen molar-refractivity contribution >= 4 is 11.5 Å². The molecular formula is C14H19N5. The summed E-state index contributed by atoms with van der Waals surface area (Å²) in [4.78, 5) is 4.76. The molecule has 1 unspecified atom stereocenters. The van der Waals surface area contributed by atoms with Gasteiger partial charge in [0.25, 0.3) is 0 Å². The molecule has 1 saturated heterocycles. The maximum Gasteiger partial charge on any atom is 0.157 e. The molecular weight excluding hydrogens is 238 g/mol. The van der Waals surface area contributed by atoms with Crippen LogP contribution >= 0.6 is 0 Å². The highest BCUT2D eigenvalue weighted by Crippen LogP contribution is 2.29. The first kappa shape index (κ1) is 11.2. The van der Waals surface area contributed by atoms with E-state index in [2.05, 4.69) is 21.8 Å². The summed E-state index contributed by atoms with van der Waals surface area (Å²) >= 11 is 0. The van der Waals surface area contributed by atoms with Crippen LogP contribution in [0.3, 0.4) is 0 Å². The van der Waals surface area contributed by atoms with Crippen LogP contribution in [0.4, 0.5) is 5.82 Å². The first-order valence-electron chi connectivity index (χ1n) is 7.16. The summed E-state index contributed by atoms with van der Waals surface area (Å²) in [5.74, 6) is 1.18. The second-order valence-electron chi connectivity index (χ2n) is 5.63. The fourth-order valence-corrected chi connectivity index (χ4v) is 3.22. The van der Waals surface area contributed by atoms with Gasteiger partial charge in [-0.1, -0.05) is 0 Å². The number of hydrogen-bond acceptors (Lipinski definition) is 4. The van der Waals surface area contributed by atoms with Crippen molar-refractivity contribution in [2.24, 2.45) is 0 Å². The van der Waals surface area contributed by atoms with Gasteiger partial charge in [-0.25, -0.2) is 4.98 Å². The number of aryl methyl sites for hydroxylation is 2. The molecule has 2 N–H and O–H groups in total. The second-order valence-corrected chi connectivity index (χ2v) is 5.63. The topological polar surface area (TPSA) is 54.2 Å². The molecule has 5 heteroatoms. The van der Waals surface area contributed by atoms with Crippen molar-refractivity contribution in [2.45, 2.75) is 38.6 Å². The fraction of sp³-hybridized carbons (Fsp3) is 0.571. The molecule has 100 valence electrons. The lowest BCUT2D eigenvalue weighted by Crippen LogP contribution is -2.24. The van der Waals surface area contributed by atoms with Crippen LogP contribution in [0.15, 0.2) is 6.07 Å². The van der Waals surface area contributed by atoms with Gasteiger partial charge in [0, 0.05) is 29.9 Å². The molecule has 1 atom stereocenters. The third-order valence-corrected chi connectivity index (χ3v) is 4.15. The van der Waals surface area contributed by atoms with Gasteiger partial charge in [0.15, 0.2) is 5.65 Å². The normalized spacial score (nSPS) is 22.1. The molecule has 0 amide bonds. The van der Waals surface area contributed by atoms with Gasteiger partial charge in [-0.15, -0.1) is 0 Å². The molecule has 0 radical (unpaired) electrons. The molecule has 1 fully saturated rings. The quantitative estimate of drug-likeness (QED) is 0.851. The van der Waals surface area contributed by atoms with E-state index in [0.717, 1.165) is 37.3 Å². The summed E-state index contributed by atoms with van der Waals surface area (Å²) in [5, 5.41) is 11.7. The highest BCUT2D eigenvalue weighted by molar-refractivity contribution is 5.58. The Morgan fingerprint density at radius 2 is 2.37 bits per heavy atom. The molecule has 2 aromatic rings. The number of rotatable bonds is 2. The minimum Gasteiger partial charge on any atom is -0.366 e. The van der Waals surface area contributed by atoms with Gasteiger partial charge < -0.3 is 10.6 Å². The third-order valence-electron chi connectivity index (χ3n) is 4.15. The average molecular weight is 257 g/mol. The molecule has 0 aromatic carbocycles. The Bertz CT molecular complexity index is 624. The molecule has 0 saturated carbocycles. The largest absolute Gasteiger partial charge is 0.366 e. The zero-order valence-corrected chi connectivity index (χ0v) is 11.2. The van der Waals surface area contributed by atoms with Crippen molar-refractivity contribution in [3.63, 3.8) is 0 Å². The minimum atomic E-state index is 0.514. The van der Waals surface area contributed by atoms with Crippen LogP contribution in [0.25, 0.3) is 5.65 Å². The van der Waals surface area contributed by atoms with Crippen LogP contribution in [0.5, 0.6) is 0 Å². The van der Waals surface area contributed by atoms with Gasteiger partial charge in [0.2, 0.25) is 0 Å². The smallest absolute Gasteiger partial charge is 0.157 e. The second kappa shape index (κ2) is 4.20. The van der Waals surface area contributed by atoms with Gasteiger partial charge >= 0.3 is 0 Å². The van der Waals surface area contributed by atoms with E-state index in [9.17, 15) is 0 Å². The molecule has 2 aromatic heterocycles. The predicted molar refractivity (Wildman–Crippen MR) is 74.6 cm³/mol. The van der Waals surface area contributed by atoms with Crippen molar-refractivity contribution in [2.75, 3.05) is 18.4 Å². The molecule has 19 heavy (non-hydrogen) atoms. The van der Waals surface area contributed by atoms with E-state index in [4.69, 9.17) is 4.98 Å². The molecule has 0 bridgehead atoms. The predicted octanol–water partition coefficient (Wildman–Crippen LogP) is 1.30. The van der Waals surface area contributed by atoms with Crippen molar-refractivity contribution in [3.05, 3.63) is 23.0 Å². The summed E-state index contributed by atoms with van der Waals surface area (Å²) in [7, 11) is 0. The Kier molecular flexibility index (Phi) is 2.48. The van der Waals surface area contributed by atoms with E-state index in [1.165, 1.54) is 29.9 Å². The highest BCUT2D eigenvalue weighted by Gasteiger charge is 2.23.